The average Bonchev–Trinajstić information content (AvgIpc) is 3.07. The van der Waals surface area contributed by atoms with Gasteiger partial charge in [-0.15, -0.1) is 11.3 Å². The third kappa shape index (κ3) is 2.74. The summed E-state index contributed by atoms with van der Waals surface area (Å²) >= 11 is 1.68. The van der Waals surface area contributed by atoms with Crippen molar-refractivity contribution in [3.05, 3.63) is 63.6 Å². The van der Waals surface area contributed by atoms with Crippen molar-refractivity contribution in [1.82, 2.24) is 0 Å². The number of hydrogen-bond acceptors (Lipinski definition) is 4. The minimum atomic E-state index is -0.555. The standard InChI is InChI=1S/C20H18O3S/c1-11(2)17-18(20(22)23-19(17)21)12(3)15-10-16(24-13(15)4)14-8-6-5-7-9-14/h5-10H,1-4H3. The van der Waals surface area contributed by atoms with E-state index in [-0.39, 0.29) is 0 Å². The van der Waals surface area contributed by atoms with E-state index in [1.54, 1.807) is 11.3 Å². The molecule has 0 spiro atoms. The number of esters is 2. The van der Waals surface area contributed by atoms with Crippen LogP contribution in [0, 0.1) is 6.92 Å². The lowest BCUT2D eigenvalue weighted by Gasteiger charge is -2.05. The molecule has 1 aromatic heterocycles. The molecule has 0 N–H and O–H groups in total. The molecule has 1 saturated heterocycles. The van der Waals surface area contributed by atoms with Crippen molar-refractivity contribution in [3.8, 4) is 10.4 Å². The summed E-state index contributed by atoms with van der Waals surface area (Å²) in [5.74, 6) is -1.11. The SMILES string of the molecule is CC(C)=C1C(=O)OC(=O)C1=C(C)c1cc(-c2ccccc2)sc1C. The van der Waals surface area contributed by atoms with Crippen LogP contribution in [0.15, 0.2) is 53.1 Å². The molecule has 0 atom stereocenters. The number of carbonyl (C=O) groups is 2. The summed E-state index contributed by atoms with van der Waals surface area (Å²) in [4.78, 5) is 26.4. The van der Waals surface area contributed by atoms with Crippen molar-refractivity contribution < 1.29 is 14.3 Å². The fourth-order valence-electron chi connectivity index (χ4n) is 2.92. The van der Waals surface area contributed by atoms with E-state index in [0.717, 1.165) is 32.0 Å². The van der Waals surface area contributed by atoms with Gasteiger partial charge in [-0.1, -0.05) is 35.9 Å². The normalized spacial score (nSPS) is 16.4. The Balaban J connectivity index is 2.15. The molecule has 0 unspecified atom stereocenters. The second kappa shape index (κ2) is 6.21. The van der Waals surface area contributed by atoms with E-state index < -0.39 is 11.9 Å². The van der Waals surface area contributed by atoms with Crippen molar-refractivity contribution in [2.45, 2.75) is 27.7 Å². The van der Waals surface area contributed by atoms with Gasteiger partial charge in [-0.2, -0.15) is 0 Å². The largest absolute Gasteiger partial charge is 0.386 e. The zero-order valence-corrected chi connectivity index (χ0v) is 14.9. The Morgan fingerprint density at radius 3 is 2.21 bits per heavy atom. The second-order valence-corrected chi connectivity index (χ2v) is 7.25. The molecule has 3 nitrogen and oxygen atoms in total. The third-order valence-electron chi connectivity index (χ3n) is 4.10. The van der Waals surface area contributed by atoms with E-state index in [0.29, 0.717) is 11.1 Å². The summed E-state index contributed by atoms with van der Waals surface area (Å²) in [5, 5.41) is 0. The van der Waals surface area contributed by atoms with Crippen LogP contribution in [-0.4, -0.2) is 11.9 Å². The van der Waals surface area contributed by atoms with Crippen LogP contribution in [0.4, 0.5) is 0 Å². The minimum absolute atomic E-state index is 0.389. The second-order valence-electron chi connectivity index (χ2n) is 6.00. The smallest absolute Gasteiger partial charge is 0.347 e. The quantitative estimate of drug-likeness (QED) is 0.443. The molecule has 4 heteroatoms. The molecular formula is C20H18O3S. The van der Waals surface area contributed by atoms with Gasteiger partial charge in [0.05, 0.1) is 11.1 Å². The van der Waals surface area contributed by atoms with Crippen molar-refractivity contribution in [2.24, 2.45) is 0 Å². The third-order valence-corrected chi connectivity index (χ3v) is 5.20. The molecule has 24 heavy (non-hydrogen) atoms. The highest BCUT2D eigenvalue weighted by Gasteiger charge is 2.36. The molecule has 0 saturated carbocycles. The Morgan fingerprint density at radius 1 is 0.958 bits per heavy atom. The molecule has 2 aromatic rings. The maximum Gasteiger partial charge on any atom is 0.347 e. The van der Waals surface area contributed by atoms with Gasteiger partial charge in [0, 0.05) is 9.75 Å². The zero-order valence-electron chi connectivity index (χ0n) is 14.1. The number of rotatable bonds is 2. The van der Waals surface area contributed by atoms with Gasteiger partial charge in [0.1, 0.15) is 0 Å². The van der Waals surface area contributed by atoms with Gasteiger partial charge in [-0.3, -0.25) is 0 Å². The lowest BCUT2D eigenvalue weighted by molar-refractivity contribution is -0.149. The molecule has 0 aliphatic carbocycles. The van der Waals surface area contributed by atoms with E-state index in [9.17, 15) is 9.59 Å². The van der Waals surface area contributed by atoms with Crippen molar-refractivity contribution in [3.63, 3.8) is 0 Å². The van der Waals surface area contributed by atoms with Crippen molar-refractivity contribution in [2.75, 3.05) is 0 Å². The molecule has 1 fully saturated rings. The number of ether oxygens (including phenoxy) is 1. The van der Waals surface area contributed by atoms with Crippen LogP contribution in [0.1, 0.15) is 31.2 Å². The summed E-state index contributed by atoms with van der Waals surface area (Å²) in [7, 11) is 0. The fourth-order valence-corrected chi connectivity index (χ4v) is 4.00. The summed E-state index contributed by atoms with van der Waals surface area (Å²) in [6.45, 7) is 7.54. The Morgan fingerprint density at radius 2 is 1.58 bits per heavy atom. The number of benzene rings is 1. The highest BCUT2D eigenvalue weighted by Crippen LogP contribution is 2.38. The Bertz CT molecular complexity index is 894. The number of allylic oxidation sites excluding steroid dienone is 2. The first-order valence-corrected chi connectivity index (χ1v) is 8.53. The molecule has 0 bridgehead atoms. The van der Waals surface area contributed by atoms with Crippen LogP contribution in [0.25, 0.3) is 16.0 Å². The van der Waals surface area contributed by atoms with Crippen molar-refractivity contribution >= 4 is 28.8 Å². The Labute approximate surface area is 145 Å². The monoisotopic (exact) mass is 338 g/mol. The van der Waals surface area contributed by atoms with Crippen molar-refractivity contribution in [1.29, 1.82) is 0 Å². The number of cyclic esters (lactones) is 2. The first-order valence-electron chi connectivity index (χ1n) is 7.71. The van der Waals surface area contributed by atoms with E-state index >= 15 is 0 Å². The summed E-state index contributed by atoms with van der Waals surface area (Å²) in [6, 6.07) is 12.2. The Hall–Kier alpha value is -2.46. The average molecular weight is 338 g/mol. The van der Waals surface area contributed by atoms with Crippen LogP contribution in [-0.2, 0) is 14.3 Å². The van der Waals surface area contributed by atoms with Crippen LogP contribution in [0.5, 0.6) is 0 Å². The van der Waals surface area contributed by atoms with Gasteiger partial charge in [0.2, 0.25) is 0 Å². The van der Waals surface area contributed by atoms with Crippen LogP contribution >= 0.6 is 11.3 Å². The molecular weight excluding hydrogens is 320 g/mol. The van der Waals surface area contributed by atoms with E-state index in [2.05, 4.69) is 18.2 Å². The van der Waals surface area contributed by atoms with Gasteiger partial charge in [-0.25, -0.2) is 9.59 Å². The predicted molar refractivity (Wildman–Crippen MR) is 96.6 cm³/mol. The summed E-state index contributed by atoms with van der Waals surface area (Å²) < 4.78 is 4.83. The topological polar surface area (TPSA) is 43.4 Å². The molecule has 122 valence electrons. The summed E-state index contributed by atoms with van der Waals surface area (Å²) in [6.07, 6.45) is 0. The molecule has 2 heterocycles. The van der Waals surface area contributed by atoms with Gasteiger partial charge in [-0.05, 0) is 50.5 Å². The lowest BCUT2D eigenvalue weighted by atomic mass is 9.95. The van der Waals surface area contributed by atoms with Gasteiger partial charge in [0.25, 0.3) is 0 Å². The van der Waals surface area contributed by atoms with E-state index in [1.807, 2.05) is 45.9 Å². The van der Waals surface area contributed by atoms with E-state index in [1.165, 1.54) is 0 Å². The molecule has 0 radical (unpaired) electrons. The highest BCUT2D eigenvalue weighted by atomic mass is 32.1. The van der Waals surface area contributed by atoms with Gasteiger partial charge < -0.3 is 4.74 Å². The molecule has 1 aliphatic heterocycles. The maximum absolute atomic E-state index is 12.2. The predicted octanol–water partition coefficient (Wildman–Crippen LogP) is 4.92. The van der Waals surface area contributed by atoms with Crippen LogP contribution in [0.2, 0.25) is 0 Å². The number of aryl methyl sites for hydroxylation is 1. The number of carbonyl (C=O) groups excluding carboxylic acids is 2. The maximum atomic E-state index is 12.2. The van der Waals surface area contributed by atoms with Gasteiger partial charge in [0.15, 0.2) is 0 Å². The number of thiophene rings is 1. The van der Waals surface area contributed by atoms with Gasteiger partial charge >= 0.3 is 11.9 Å². The molecule has 1 aromatic carbocycles. The molecule has 1 aliphatic rings. The first-order chi connectivity index (χ1) is 11.4. The Kier molecular flexibility index (Phi) is 4.24. The van der Waals surface area contributed by atoms with Crippen LogP contribution < -0.4 is 0 Å². The highest BCUT2D eigenvalue weighted by molar-refractivity contribution is 7.15. The molecule has 0 amide bonds. The number of hydrogen-bond donors (Lipinski definition) is 0. The molecule has 3 rings (SSSR count). The van der Waals surface area contributed by atoms with E-state index in [4.69, 9.17) is 4.74 Å². The summed E-state index contributed by atoms with van der Waals surface area (Å²) in [5.41, 5.74) is 4.49. The fraction of sp³-hybridized carbons (Fsp3) is 0.200. The zero-order chi connectivity index (χ0) is 17.4. The lowest BCUT2D eigenvalue weighted by Crippen LogP contribution is -1.99. The van der Waals surface area contributed by atoms with Crippen LogP contribution in [0.3, 0.4) is 0 Å². The minimum Gasteiger partial charge on any atom is -0.386 e. The first kappa shape index (κ1) is 16.4.